The van der Waals surface area contributed by atoms with Gasteiger partial charge in [0.05, 0.1) is 23.1 Å². The van der Waals surface area contributed by atoms with Gasteiger partial charge in [0.2, 0.25) is 15.9 Å². The van der Waals surface area contributed by atoms with Crippen molar-refractivity contribution in [1.82, 2.24) is 9.71 Å². The highest BCUT2D eigenvalue weighted by Crippen LogP contribution is 2.38. The molecule has 2 aliphatic carbocycles. The third kappa shape index (κ3) is 5.38. The van der Waals surface area contributed by atoms with Crippen molar-refractivity contribution < 1.29 is 21.9 Å². The number of hydrogen-bond donors (Lipinski definition) is 1. The van der Waals surface area contributed by atoms with Gasteiger partial charge >= 0.3 is 0 Å². The molecule has 1 heterocycles. The molecule has 2 fully saturated rings. The number of aromatic nitrogens is 1. The van der Waals surface area contributed by atoms with Crippen molar-refractivity contribution in [3.05, 3.63) is 48.2 Å². The molecule has 6 nitrogen and oxygen atoms in total. The number of hydrogen-bond acceptors (Lipinski definition) is 5. The molecule has 164 valence electrons. The lowest BCUT2D eigenvalue weighted by Gasteiger charge is -2.36. The van der Waals surface area contributed by atoms with E-state index in [0.29, 0.717) is 29.8 Å². The fraction of sp³-hybridized carbons (Fsp3) is 0.455. The molecule has 0 aliphatic heterocycles. The maximum Gasteiger partial charge on any atom is 0.248 e. The maximum atomic E-state index is 14.0. The summed E-state index contributed by atoms with van der Waals surface area (Å²) in [6, 6.07) is 11.9. The van der Waals surface area contributed by atoms with E-state index in [1.807, 2.05) is 6.07 Å². The number of benzene rings is 1. The van der Waals surface area contributed by atoms with Crippen LogP contribution in [0.1, 0.15) is 37.7 Å². The Kier molecular flexibility index (Phi) is 5.95. The van der Waals surface area contributed by atoms with Crippen LogP contribution in [0, 0.1) is 17.2 Å². The second kappa shape index (κ2) is 8.52. The van der Waals surface area contributed by atoms with Gasteiger partial charge in [-0.3, -0.25) is 4.98 Å². The number of halogens is 2. The van der Waals surface area contributed by atoms with Crippen LogP contribution in [0.5, 0.6) is 5.75 Å². The predicted octanol–water partition coefficient (Wildman–Crippen LogP) is 3.88. The number of alkyl halides is 2. The molecule has 2 aliphatic rings. The minimum Gasteiger partial charge on any atom is -0.493 e. The van der Waals surface area contributed by atoms with Gasteiger partial charge in [-0.05, 0) is 55.7 Å². The first kappa shape index (κ1) is 21.7. The SMILES string of the molecule is N#Cc1ccc(-c2ccc(OC[C@@H]3CC(F)(F)CC[C@@H]3NS(=O)(=O)C3CC3)cc2)nc1. The molecule has 1 aromatic heterocycles. The van der Waals surface area contributed by atoms with E-state index in [4.69, 9.17) is 10.00 Å². The van der Waals surface area contributed by atoms with E-state index >= 15 is 0 Å². The molecule has 4 rings (SSSR count). The van der Waals surface area contributed by atoms with E-state index in [1.165, 1.54) is 6.20 Å². The lowest BCUT2D eigenvalue weighted by Crippen LogP contribution is -2.49. The second-order valence-corrected chi connectivity index (χ2v) is 10.2. The summed E-state index contributed by atoms with van der Waals surface area (Å²) >= 11 is 0. The van der Waals surface area contributed by atoms with Gasteiger partial charge in [-0.1, -0.05) is 0 Å². The zero-order chi connectivity index (χ0) is 22.1. The van der Waals surface area contributed by atoms with Crippen LogP contribution in [0.15, 0.2) is 42.6 Å². The highest BCUT2D eigenvalue weighted by atomic mass is 32.2. The summed E-state index contributed by atoms with van der Waals surface area (Å²) < 4.78 is 61.0. The third-order valence-electron chi connectivity index (χ3n) is 5.74. The van der Waals surface area contributed by atoms with Crippen LogP contribution in [0.3, 0.4) is 0 Å². The molecular formula is C22H23F2N3O3S. The summed E-state index contributed by atoms with van der Waals surface area (Å²) in [6.45, 7) is 0.00189. The van der Waals surface area contributed by atoms with Crippen molar-refractivity contribution in [3.63, 3.8) is 0 Å². The van der Waals surface area contributed by atoms with Crippen LogP contribution in [0.4, 0.5) is 8.78 Å². The van der Waals surface area contributed by atoms with Gasteiger partial charge < -0.3 is 4.74 Å². The molecule has 2 atom stereocenters. The van der Waals surface area contributed by atoms with Gasteiger partial charge in [0, 0.05) is 36.6 Å². The molecule has 0 amide bonds. The molecule has 0 saturated heterocycles. The Hall–Kier alpha value is -2.57. The molecule has 2 saturated carbocycles. The number of nitriles is 1. The molecule has 1 aromatic carbocycles. The number of nitrogens with zero attached hydrogens (tertiary/aromatic N) is 2. The minimum atomic E-state index is -3.46. The van der Waals surface area contributed by atoms with Gasteiger partial charge in [0.1, 0.15) is 11.8 Å². The highest BCUT2D eigenvalue weighted by molar-refractivity contribution is 7.90. The maximum absolute atomic E-state index is 14.0. The Morgan fingerprint density at radius 3 is 2.52 bits per heavy atom. The minimum absolute atomic E-state index is 0.00189. The molecule has 1 N–H and O–H groups in total. The van der Waals surface area contributed by atoms with Crippen molar-refractivity contribution in [3.8, 4) is 23.1 Å². The molecule has 0 unspecified atom stereocenters. The Balaban J connectivity index is 1.41. The Morgan fingerprint density at radius 2 is 1.90 bits per heavy atom. The van der Waals surface area contributed by atoms with Gasteiger partial charge in [-0.2, -0.15) is 5.26 Å². The second-order valence-electron chi connectivity index (χ2n) is 8.21. The van der Waals surface area contributed by atoms with Crippen LogP contribution < -0.4 is 9.46 Å². The quantitative estimate of drug-likeness (QED) is 0.695. The van der Waals surface area contributed by atoms with Crippen LogP contribution in [-0.4, -0.2) is 37.2 Å². The lowest BCUT2D eigenvalue weighted by molar-refractivity contribution is -0.0661. The van der Waals surface area contributed by atoms with Gasteiger partial charge in [0.25, 0.3) is 0 Å². The van der Waals surface area contributed by atoms with E-state index in [0.717, 1.165) is 5.56 Å². The molecule has 31 heavy (non-hydrogen) atoms. The van der Waals surface area contributed by atoms with Crippen LogP contribution in [-0.2, 0) is 10.0 Å². The topological polar surface area (TPSA) is 92.1 Å². The van der Waals surface area contributed by atoms with Gasteiger partial charge in [0.15, 0.2) is 0 Å². The summed E-state index contributed by atoms with van der Waals surface area (Å²) in [7, 11) is -3.46. The monoisotopic (exact) mass is 447 g/mol. The normalized spacial score (nSPS) is 23.1. The Bertz CT molecular complexity index is 1060. The van der Waals surface area contributed by atoms with E-state index in [2.05, 4.69) is 9.71 Å². The Morgan fingerprint density at radius 1 is 1.16 bits per heavy atom. The molecular weight excluding hydrogens is 424 g/mol. The zero-order valence-electron chi connectivity index (χ0n) is 16.8. The number of sulfonamides is 1. The smallest absolute Gasteiger partial charge is 0.248 e. The zero-order valence-corrected chi connectivity index (χ0v) is 17.6. The van der Waals surface area contributed by atoms with E-state index in [-0.39, 0.29) is 24.7 Å². The number of nitrogens with one attached hydrogen (secondary N) is 1. The first-order valence-electron chi connectivity index (χ1n) is 10.2. The average molecular weight is 448 g/mol. The fourth-order valence-corrected chi connectivity index (χ4v) is 5.48. The van der Waals surface area contributed by atoms with Crippen molar-refractivity contribution in [2.24, 2.45) is 5.92 Å². The molecule has 0 spiro atoms. The average Bonchev–Trinajstić information content (AvgIpc) is 3.60. The van der Waals surface area contributed by atoms with Crippen molar-refractivity contribution in [2.45, 2.75) is 49.3 Å². The number of ether oxygens (including phenoxy) is 1. The predicted molar refractivity (Wildman–Crippen MR) is 111 cm³/mol. The van der Waals surface area contributed by atoms with E-state index in [1.54, 1.807) is 36.4 Å². The summed E-state index contributed by atoms with van der Waals surface area (Å²) in [4.78, 5) is 4.24. The van der Waals surface area contributed by atoms with E-state index < -0.39 is 34.3 Å². The standard InChI is InChI=1S/C22H23F2N3O3S/c23-22(24)10-9-21(27-31(28,29)19-6-7-19)17(11-22)14-30-18-4-2-16(3-5-18)20-8-1-15(12-25)13-26-20/h1-5,8,13,17,19,21,27H,6-7,9-11,14H2/t17-,21-/m0/s1. The first-order valence-corrected chi connectivity index (χ1v) is 11.8. The van der Waals surface area contributed by atoms with Crippen LogP contribution in [0.25, 0.3) is 11.3 Å². The third-order valence-corrected chi connectivity index (χ3v) is 7.72. The van der Waals surface area contributed by atoms with Crippen LogP contribution >= 0.6 is 0 Å². The van der Waals surface area contributed by atoms with Crippen molar-refractivity contribution in [2.75, 3.05) is 6.61 Å². The molecule has 9 heteroatoms. The van der Waals surface area contributed by atoms with E-state index in [9.17, 15) is 17.2 Å². The van der Waals surface area contributed by atoms with Crippen LogP contribution in [0.2, 0.25) is 0 Å². The first-order chi connectivity index (χ1) is 14.8. The van der Waals surface area contributed by atoms with Crippen molar-refractivity contribution in [1.29, 1.82) is 5.26 Å². The molecule has 0 bridgehead atoms. The summed E-state index contributed by atoms with van der Waals surface area (Å²) in [6.07, 6.45) is 2.10. The van der Waals surface area contributed by atoms with Crippen molar-refractivity contribution >= 4 is 10.0 Å². The highest BCUT2D eigenvalue weighted by Gasteiger charge is 2.45. The number of rotatable bonds is 7. The lowest BCUT2D eigenvalue weighted by atomic mass is 9.83. The number of pyridine rings is 1. The summed E-state index contributed by atoms with van der Waals surface area (Å²) in [5.41, 5.74) is 2.00. The molecule has 0 radical (unpaired) electrons. The van der Waals surface area contributed by atoms with Gasteiger partial charge in [-0.25, -0.2) is 21.9 Å². The Labute approximate surface area is 180 Å². The summed E-state index contributed by atoms with van der Waals surface area (Å²) in [5, 5.41) is 8.47. The van der Waals surface area contributed by atoms with Gasteiger partial charge in [-0.15, -0.1) is 0 Å². The largest absolute Gasteiger partial charge is 0.493 e. The fourth-order valence-electron chi connectivity index (χ4n) is 3.80. The summed E-state index contributed by atoms with van der Waals surface area (Å²) in [5.74, 6) is -2.92. The molecule has 2 aromatic rings.